The van der Waals surface area contributed by atoms with Crippen molar-refractivity contribution in [1.82, 2.24) is 0 Å². The van der Waals surface area contributed by atoms with Gasteiger partial charge in [0, 0.05) is 33.6 Å². The first-order chi connectivity index (χ1) is 34.5. The van der Waals surface area contributed by atoms with Gasteiger partial charge in [-0.15, -0.1) is 0 Å². The summed E-state index contributed by atoms with van der Waals surface area (Å²) >= 11 is 0. The second kappa shape index (κ2) is 14.4. The molecule has 0 N–H and O–H groups in total. The predicted octanol–water partition coefficient (Wildman–Crippen LogP) is 18.1. The van der Waals surface area contributed by atoms with E-state index < -0.39 is 5.41 Å². The normalized spacial score (nSPS) is 15.6. The first-order valence-electron chi connectivity index (χ1n) is 24.5. The summed E-state index contributed by atoms with van der Waals surface area (Å²) in [6.45, 7) is 4.75. The highest BCUT2D eigenvalue weighted by Crippen LogP contribution is 2.63. The molecule has 1 atom stereocenters. The Morgan fingerprint density at radius 3 is 1.29 bits per heavy atom. The van der Waals surface area contributed by atoms with E-state index in [9.17, 15) is 0 Å². The highest BCUT2D eigenvalue weighted by molar-refractivity contribution is 6.02. The van der Waals surface area contributed by atoms with Crippen LogP contribution in [0.15, 0.2) is 237 Å². The lowest BCUT2D eigenvalue weighted by atomic mass is 9.65. The monoisotopic (exact) mass is 891 g/mol. The summed E-state index contributed by atoms with van der Waals surface area (Å²) in [5, 5.41) is 2.49. The first kappa shape index (κ1) is 39.3. The van der Waals surface area contributed by atoms with Crippen molar-refractivity contribution in [2.24, 2.45) is 0 Å². The molecule has 0 fully saturated rings. The number of anilines is 3. The molecule has 70 heavy (non-hydrogen) atoms. The van der Waals surface area contributed by atoms with E-state index in [1.807, 2.05) is 0 Å². The number of nitrogens with zero attached hydrogens (tertiary/aromatic N) is 1. The minimum absolute atomic E-state index is 0.188. The summed E-state index contributed by atoms with van der Waals surface area (Å²) in [4.78, 5) is 2.51. The fourth-order valence-electron chi connectivity index (χ4n) is 13.0. The van der Waals surface area contributed by atoms with E-state index in [4.69, 9.17) is 4.74 Å². The number of hydrogen-bond donors (Lipinski definition) is 0. The van der Waals surface area contributed by atoms with Gasteiger partial charge in [-0.25, -0.2) is 0 Å². The largest absolute Gasteiger partial charge is 0.456 e. The number of para-hydroxylation sites is 2. The van der Waals surface area contributed by atoms with Crippen molar-refractivity contribution in [2.45, 2.75) is 24.7 Å². The van der Waals surface area contributed by atoms with Crippen molar-refractivity contribution in [3.63, 3.8) is 0 Å². The molecule has 1 spiro atoms. The number of fused-ring (bicyclic) bond motifs is 21. The van der Waals surface area contributed by atoms with Crippen molar-refractivity contribution in [2.75, 3.05) is 4.90 Å². The average Bonchev–Trinajstić information content (AvgIpc) is 3.71. The van der Waals surface area contributed by atoms with Crippen LogP contribution in [-0.2, 0) is 10.8 Å². The van der Waals surface area contributed by atoms with E-state index in [1.54, 1.807) is 0 Å². The minimum atomic E-state index is -0.655. The Balaban J connectivity index is 1.05. The number of benzene rings is 11. The Morgan fingerprint density at radius 2 is 0.657 bits per heavy atom. The second-order valence-electron chi connectivity index (χ2n) is 19.9. The smallest absolute Gasteiger partial charge is 0.135 e. The molecule has 328 valence electrons. The number of rotatable bonds is 3. The molecule has 0 saturated carbocycles. The lowest BCUT2D eigenvalue weighted by Gasteiger charge is -2.37. The van der Waals surface area contributed by atoms with Crippen LogP contribution in [0, 0.1) is 0 Å². The quantitative estimate of drug-likeness (QED) is 0.175. The van der Waals surface area contributed by atoms with E-state index in [0.717, 1.165) is 50.8 Å². The topological polar surface area (TPSA) is 12.5 Å². The minimum Gasteiger partial charge on any atom is -0.456 e. The Labute approximate surface area is 408 Å². The van der Waals surface area contributed by atoms with Crippen molar-refractivity contribution >= 4 is 27.8 Å². The van der Waals surface area contributed by atoms with Crippen LogP contribution in [0.1, 0.15) is 47.2 Å². The van der Waals surface area contributed by atoms with Crippen molar-refractivity contribution in [1.29, 1.82) is 0 Å². The van der Waals surface area contributed by atoms with E-state index >= 15 is 0 Å². The van der Waals surface area contributed by atoms with Crippen molar-refractivity contribution in [3.8, 4) is 78.3 Å². The maximum atomic E-state index is 6.71. The fraction of sp³-hybridized carbons (Fsp3) is 0.0588. The summed E-state index contributed by atoms with van der Waals surface area (Å²) in [7, 11) is 0. The molecule has 15 rings (SSSR count). The molecule has 0 saturated heterocycles. The zero-order chi connectivity index (χ0) is 46.3. The Hall–Kier alpha value is -8.72. The Kier molecular flexibility index (Phi) is 8.08. The molecule has 11 aromatic rings. The lowest BCUT2D eigenvalue weighted by molar-refractivity contribution is 0.488. The highest BCUT2D eigenvalue weighted by Gasteiger charge is 2.50. The molecule has 2 heteroatoms. The summed E-state index contributed by atoms with van der Waals surface area (Å²) in [6.07, 6.45) is 0. The van der Waals surface area contributed by atoms with Crippen LogP contribution < -0.4 is 9.64 Å². The van der Waals surface area contributed by atoms with E-state index in [2.05, 4.69) is 255 Å². The van der Waals surface area contributed by atoms with Gasteiger partial charge in [-0.1, -0.05) is 190 Å². The van der Waals surface area contributed by atoms with Crippen LogP contribution in [0.5, 0.6) is 11.5 Å². The molecule has 2 nitrogen and oxygen atoms in total. The van der Waals surface area contributed by atoms with Gasteiger partial charge in [0.15, 0.2) is 0 Å². The van der Waals surface area contributed by atoms with Crippen LogP contribution in [0.25, 0.3) is 77.5 Å². The van der Waals surface area contributed by atoms with Crippen molar-refractivity contribution < 1.29 is 4.74 Å². The first-order valence-corrected chi connectivity index (χ1v) is 24.5. The van der Waals surface area contributed by atoms with Gasteiger partial charge in [-0.2, -0.15) is 0 Å². The molecule has 0 radical (unpaired) electrons. The van der Waals surface area contributed by atoms with Gasteiger partial charge in [0.1, 0.15) is 11.5 Å². The third kappa shape index (κ3) is 5.28. The summed E-state index contributed by atoms with van der Waals surface area (Å²) in [5.74, 6) is 1.71. The van der Waals surface area contributed by atoms with Gasteiger partial charge in [0.2, 0.25) is 0 Å². The molecular weight excluding hydrogens is 847 g/mol. The maximum Gasteiger partial charge on any atom is 0.135 e. The van der Waals surface area contributed by atoms with Gasteiger partial charge in [0.05, 0.1) is 5.41 Å². The summed E-state index contributed by atoms with van der Waals surface area (Å²) < 4.78 is 6.71. The van der Waals surface area contributed by atoms with E-state index in [0.29, 0.717) is 0 Å². The summed E-state index contributed by atoms with van der Waals surface area (Å²) in [6, 6.07) is 88.6. The van der Waals surface area contributed by atoms with E-state index in [-0.39, 0.29) is 5.41 Å². The molecule has 0 bridgehead atoms. The van der Waals surface area contributed by atoms with Crippen LogP contribution in [0.3, 0.4) is 0 Å². The van der Waals surface area contributed by atoms with Gasteiger partial charge in [0.25, 0.3) is 0 Å². The molecule has 11 aromatic carbocycles. The van der Waals surface area contributed by atoms with Crippen LogP contribution in [0.4, 0.5) is 17.1 Å². The third-order valence-electron chi connectivity index (χ3n) is 16.1. The molecule has 1 heterocycles. The fourth-order valence-corrected chi connectivity index (χ4v) is 13.0. The molecule has 0 aromatic heterocycles. The molecule has 0 amide bonds. The summed E-state index contributed by atoms with van der Waals surface area (Å²) in [5.41, 5.74) is 24.9. The Bertz CT molecular complexity index is 4040. The number of hydrogen-bond acceptors (Lipinski definition) is 2. The van der Waals surface area contributed by atoms with E-state index in [1.165, 1.54) is 88.7 Å². The highest BCUT2D eigenvalue weighted by atomic mass is 16.5. The van der Waals surface area contributed by atoms with Gasteiger partial charge >= 0.3 is 0 Å². The van der Waals surface area contributed by atoms with Crippen LogP contribution >= 0.6 is 0 Å². The standard InChI is InChI=1S/C68H45NO/c1-67(2)59-26-12-7-22-51(59)54-36-33-45(40-62(54)67)69(44-31-34-49-55-24-10-15-29-65(55)70-66-30-16-11-25-56(66)57(49)39-44)46-32-35-53-48-20-6-5-19-47(48)50-21-8-13-27-60(50)68(64(53)41-46)61-28-14-9-23-52(61)58-37-42-17-3-4-18-43(42)38-63(58)68/h3-41H,1-2H3. The lowest BCUT2D eigenvalue weighted by Crippen LogP contribution is -2.29. The van der Waals surface area contributed by atoms with Crippen LogP contribution in [0.2, 0.25) is 0 Å². The third-order valence-corrected chi connectivity index (χ3v) is 16.1. The molecule has 1 unspecified atom stereocenters. The molecule has 3 aliphatic carbocycles. The maximum absolute atomic E-state index is 6.71. The SMILES string of the molecule is CC1(C)c2ccccc2-c2ccc(N(c3ccc4c(c3)-c3ccccc3Oc3ccccc3-4)c3ccc4c(c3)C3(c5ccccc5-c5ccccc5-4)c4ccccc4-c4cc5ccccc5cc43)cc21. The Morgan fingerprint density at radius 1 is 0.271 bits per heavy atom. The predicted molar refractivity (Wildman–Crippen MR) is 289 cm³/mol. The zero-order valence-electron chi connectivity index (χ0n) is 38.9. The molecule has 1 aliphatic heterocycles. The van der Waals surface area contributed by atoms with Gasteiger partial charge in [-0.3, -0.25) is 0 Å². The molecular formula is C68H45NO. The van der Waals surface area contributed by atoms with Crippen molar-refractivity contribution in [3.05, 3.63) is 270 Å². The molecule has 4 aliphatic rings. The number of ether oxygens (including phenoxy) is 1. The van der Waals surface area contributed by atoms with Crippen LogP contribution in [-0.4, -0.2) is 0 Å². The van der Waals surface area contributed by atoms with Gasteiger partial charge < -0.3 is 9.64 Å². The average molecular weight is 892 g/mol. The zero-order valence-corrected chi connectivity index (χ0v) is 38.9. The second-order valence-corrected chi connectivity index (χ2v) is 19.9. The van der Waals surface area contributed by atoms with Gasteiger partial charge in [-0.05, 0) is 160 Å².